The summed E-state index contributed by atoms with van der Waals surface area (Å²) in [5.74, 6) is -0.452. The molecule has 24 heavy (non-hydrogen) atoms. The Labute approximate surface area is 143 Å². The molecule has 7 heteroatoms. The number of nitrogens with zero attached hydrogens (tertiary/aromatic N) is 1. The highest BCUT2D eigenvalue weighted by Gasteiger charge is 2.52. The van der Waals surface area contributed by atoms with Crippen LogP contribution in [0.2, 0.25) is 0 Å². The zero-order valence-electron chi connectivity index (χ0n) is 15.2. The monoisotopic (exact) mass is 332 g/mol. The van der Waals surface area contributed by atoms with E-state index in [1.54, 1.807) is 12.3 Å². The van der Waals surface area contributed by atoms with Crippen LogP contribution < -0.4 is 5.32 Å². The number of pyridine rings is 1. The summed E-state index contributed by atoms with van der Waals surface area (Å²) in [4.78, 5) is 15.6. The smallest absolute Gasteiger partial charge is 0.464 e. The van der Waals surface area contributed by atoms with Crippen molar-refractivity contribution in [2.75, 3.05) is 20.7 Å². The van der Waals surface area contributed by atoms with Gasteiger partial charge in [-0.1, -0.05) is 12.1 Å². The number of aromatic nitrogens is 1. The number of carbonyl (C=O) groups is 1. The summed E-state index contributed by atoms with van der Waals surface area (Å²) in [6.45, 7) is 8.72. The van der Waals surface area contributed by atoms with Crippen LogP contribution in [0.3, 0.4) is 0 Å². The Kier molecular flexibility index (Phi) is 5.47. The summed E-state index contributed by atoms with van der Waals surface area (Å²) in [6.07, 6.45) is 3.60. The Balaban J connectivity index is 2.24. The summed E-state index contributed by atoms with van der Waals surface area (Å²) >= 11 is 0. The highest BCUT2D eigenvalue weighted by atomic mass is 16.7. The van der Waals surface area contributed by atoms with Gasteiger partial charge in [0.2, 0.25) is 0 Å². The number of ether oxygens (including phenoxy) is 1. The van der Waals surface area contributed by atoms with E-state index in [-0.39, 0.29) is 5.69 Å². The van der Waals surface area contributed by atoms with Gasteiger partial charge in [0.1, 0.15) is 5.69 Å². The lowest BCUT2D eigenvalue weighted by Crippen LogP contribution is -2.41. The molecule has 0 unspecified atom stereocenters. The molecule has 1 aromatic rings. The summed E-state index contributed by atoms with van der Waals surface area (Å²) in [5, 5.41) is 3.14. The Morgan fingerprint density at radius 3 is 2.38 bits per heavy atom. The van der Waals surface area contributed by atoms with Crippen molar-refractivity contribution in [3.8, 4) is 0 Å². The predicted octanol–water partition coefficient (Wildman–Crippen LogP) is 2.10. The molecule has 0 aliphatic carbocycles. The minimum absolute atomic E-state index is 0.278. The fourth-order valence-corrected chi connectivity index (χ4v) is 2.33. The van der Waals surface area contributed by atoms with Crippen molar-refractivity contribution in [2.24, 2.45) is 0 Å². The maximum atomic E-state index is 11.5. The molecule has 0 amide bonds. The first-order chi connectivity index (χ1) is 11.2. The molecule has 1 fully saturated rings. The number of carbonyl (C=O) groups excluding carboxylic acids is 1. The molecule has 1 aliphatic heterocycles. The van der Waals surface area contributed by atoms with Crippen molar-refractivity contribution < 1.29 is 18.8 Å². The second-order valence-corrected chi connectivity index (χ2v) is 6.81. The van der Waals surface area contributed by atoms with Crippen molar-refractivity contribution in [3.63, 3.8) is 0 Å². The molecule has 0 saturated carbocycles. The number of methoxy groups -OCH3 is 1. The molecule has 0 aromatic carbocycles. The molecule has 130 valence electrons. The quantitative estimate of drug-likeness (QED) is 0.658. The molecule has 2 rings (SSSR count). The molecule has 2 heterocycles. The van der Waals surface area contributed by atoms with Gasteiger partial charge >= 0.3 is 13.1 Å². The second-order valence-electron chi connectivity index (χ2n) is 6.81. The van der Waals surface area contributed by atoms with Gasteiger partial charge in [0, 0.05) is 12.7 Å². The lowest BCUT2D eigenvalue weighted by Gasteiger charge is -2.32. The van der Waals surface area contributed by atoms with Gasteiger partial charge in [-0.3, -0.25) is 0 Å². The van der Waals surface area contributed by atoms with Gasteiger partial charge in [0.25, 0.3) is 0 Å². The van der Waals surface area contributed by atoms with Gasteiger partial charge in [-0.15, -0.1) is 0 Å². The maximum absolute atomic E-state index is 11.5. The first kappa shape index (κ1) is 18.6. The highest BCUT2D eigenvalue weighted by Crippen LogP contribution is 2.38. The summed E-state index contributed by atoms with van der Waals surface area (Å²) in [7, 11) is 2.78. The predicted molar refractivity (Wildman–Crippen MR) is 93.6 cm³/mol. The van der Waals surface area contributed by atoms with Gasteiger partial charge in [-0.05, 0) is 51.8 Å². The molecule has 6 nitrogen and oxygen atoms in total. The van der Waals surface area contributed by atoms with Crippen LogP contribution in [-0.2, 0) is 14.0 Å². The lowest BCUT2D eigenvalue weighted by atomic mass is 9.77. The standard InChI is InChI=1S/C17H25BN2O4/c1-16(2)17(3,4)24-18(23-16)13(11-19-5)9-12-7-8-14(20-10-12)15(21)22-6/h7-10,19H,11H2,1-6H3. The fourth-order valence-electron chi connectivity index (χ4n) is 2.33. The van der Waals surface area contributed by atoms with E-state index < -0.39 is 24.3 Å². The van der Waals surface area contributed by atoms with Crippen LogP contribution >= 0.6 is 0 Å². The van der Waals surface area contributed by atoms with Crippen LogP contribution in [0.15, 0.2) is 23.8 Å². The lowest BCUT2D eigenvalue weighted by molar-refractivity contribution is 0.00578. The Hall–Kier alpha value is -1.70. The zero-order chi connectivity index (χ0) is 18.0. The fraction of sp³-hybridized carbons (Fsp3) is 0.529. The number of hydrogen-bond acceptors (Lipinski definition) is 6. The van der Waals surface area contributed by atoms with E-state index in [4.69, 9.17) is 9.31 Å². The summed E-state index contributed by atoms with van der Waals surface area (Å²) < 4.78 is 16.9. The van der Waals surface area contributed by atoms with Gasteiger partial charge in [0.15, 0.2) is 0 Å². The van der Waals surface area contributed by atoms with Crippen LogP contribution in [0, 0.1) is 0 Å². The van der Waals surface area contributed by atoms with Crippen molar-refractivity contribution in [3.05, 3.63) is 35.1 Å². The van der Waals surface area contributed by atoms with E-state index in [9.17, 15) is 4.79 Å². The minimum Gasteiger partial charge on any atom is -0.464 e. The average molecular weight is 332 g/mol. The molecular weight excluding hydrogens is 307 g/mol. The zero-order valence-corrected chi connectivity index (χ0v) is 15.2. The van der Waals surface area contributed by atoms with E-state index in [2.05, 4.69) is 15.0 Å². The highest BCUT2D eigenvalue weighted by molar-refractivity contribution is 6.55. The molecule has 1 aromatic heterocycles. The van der Waals surface area contributed by atoms with E-state index in [0.29, 0.717) is 6.54 Å². The van der Waals surface area contributed by atoms with E-state index in [1.807, 2.05) is 46.9 Å². The SMILES string of the molecule is CNCC(=Cc1ccc(C(=O)OC)nc1)B1OC(C)(C)C(C)(C)O1. The molecule has 0 spiro atoms. The van der Waals surface area contributed by atoms with Crippen molar-refractivity contribution in [1.82, 2.24) is 10.3 Å². The molecule has 1 N–H and O–H groups in total. The van der Waals surface area contributed by atoms with Crippen molar-refractivity contribution in [2.45, 2.75) is 38.9 Å². The number of likely N-dealkylation sites (N-methyl/N-ethyl adjacent to an activating group) is 1. The normalized spacial score (nSPS) is 19.4. The minimum atomic E-state index is -0.452. The van der Waals surface area contributed by atoms with Gasteiger partial charge in [0.05, 0.1) is 18.3 Å². The second kappa shape index (κ2) is 7.05. The number of nitrogens with one attached hydrogen (secondary N) is 1. The van der Waals surface area contributed by atoms with Crippen LogP contribution in [0.1, 0.15) is 43.7 Å². The van der Waals surface area contributed by atoms with Crippen LogP contribution in [0.4, 0.5) is 0 Å². The van der Waals surface area contributed by atoms with Crippen molar-refractivity contribution in [1.29, 1.82) is 0 Å². The van der Waals surface area contributed by atoms with Crippen LogP contribution in [0.5, 0.6) is 0 Å². The van der Waals surface area contributed by atoms with Crippen molar-refractivity contribution >= 4 is 19.2 Å². The third kappa shape index (κ3) is 3.86. The van der Waals surface area contributed by atoms with Crippen LogP contribution in [-0.4, -0.2) is 50.0 Å². The van der Waals surface area contributed by atoms with Crippen LogP contribution in [0.25, 0.3) is 6.08 Å². The van der Waals surface area contributed by atoms with E-state index in [0.717, 1.165) is 11.0 Å². The van der Waals surface area contributed by atoms with E-state index >= 15 is 0 Å². The largest absolute Gasteiger partial charge is 0.491 e. The summed E-state index contributed by atoms with van der Waals surface area (Å²) in [6, 6.07) is 3.46. The summed E-state index contributed by atoms with van der Waals surface area (Å²) in [5.41, 5.74) is 1.32. The third-order valence-corrected chi connectivity index (χ3v) is 4.47. The molecule has 1 saturated heterocycles. The Morgan fingerprint density at radius 2 is 1.92 bits per heavy atom. The van der Waals surface area contributed by atoms with Gasteiger partial charge in [-0.25, -0.2) is 9.78 Å². The van der Waals surface area contributed by atoms with Gasteiger partial charge < -0.3 is 19.4 Å². The molecular formula is C17H25BN2O4. The topological polar surface area (TPSA) is 69.7 Å². The van der Waals surface area contributed by atoms with Gasteiger partial charge in [-0.2, -0.15) is 0 Å². The Bertz CT molecular complexity index is 610. The number of hydrogen-bond donors (Lipinski definition) is 1. The molecule has 0 bridgehead atoms. The molecule has 0 atom stereocenters. The molecule has 1 aliphatic rings. The molecule has 0 radical (unpaired) electrons. The first-order valence-electron chi connectivity index (χ1n) is 7.95. The average Bonchev–Trinajstić information content (AvgIpc) is 2.75. The number of rotatable bonds is 5. The number of esters is 1. The van der Waals surface area contributed by atoms with E-state index in [1.165, 1.54) is 7.11 Å². The first-order valence-corrected chi connectivity index (χ1v) is 7.95. The third-order valence-electron chi connectivity index (χ3n) is 4.47. The maximum Gasteiger partial charge on any atom is 0.491 e. The Morgan fingerprint density at radius 1 is 1.29 bits per heavy atom.